The number of nitrogens with zero attached hydrogens (tertiary/aromatic N) is 3. The van der Waals surface area contributed by atoms with Gasteiger partial charge in [-0.15, -0.1) is 0 Å². The Balaban J connectivity index is 1.95. The zero-order chi connectivity index (χ0) is 18.8. The lowest BCUT2D eigenvalue weighted by Crippen LogP contribution is -2.29. The summed E-state index contributed by atoms with van der Waals surface area (Å²) >= 11 is 0. The van der Waals surface area contributed by atoms with Crippen molar-refractivity contribution in [1.82, 2.24) is 15.3 Å². The molecule has 1 aromatic carbocycles. The quantitative estimate of drug-likeness (QED) is 0.708. The van der Waals surface area contributed by atoms with Crippen molar-refractivity contribution in [3.05, 3.63) is 47.9 Å². The highest BCUT2D eigenvalue weighted by molar-refractivity contribution is 5.92. The molecule has 1 N–H and O–H groups in total. The van der Waals surface area contributed by atoms with Crippen LogP contribution in [0, 0.1) is 0 Å². The summed E-state index contributed by atoms with van der Waals surface area (Å²) in [5.41, 5.74) is 1.52. The molecule has 0 saturated carbocycles. The summed E-state index contributed by atoms with van der Waals surface area (Å²) < 4.78 is 5.22. The number of carbonyl (C=O) groups excluding carboxylic acids is 1. The number of aromatic nitrogens is 2. The van der Waals surface area contributed by atoms with Gasteiger partial charge in [-0.25, -0.2) is 9.97 Å². The summed E-state index contributed by atoms with van der Waals surface area (Å²) in [7, 11) is 1.65. The first-order chi connectivity index (χ1) is 12.7. The maximum Gasteiger partial charge on any atom is 0.270 e. The van der Waals surface area contributed by atoms with Crippen LogP contribution in [-0.4, -0.2) is 42.6 Å². The molecule has 0 aliphatic rings. The summed E-state index contributed by atoms with van der Waals surface area (Å²) in [6, 6.07) is 9.62. The first-order valence-corrected chi connectivity index (χ1v) is 9.16. The number of nitrogens with one attached hydrogen (secondary N) is 1. The molecule has 140 valence electrons. The smallest absolute Gasteiger partial charge is 0.270 e. The molecular weight excluding hydrogens is 328 g/mol. The average molecular weight is 356 g/mol. The number of benzene rings is 1. The molecule has 1 heterocycles. The van der Waals surface area contributed by atoms with E-state index < -0.39 is 0 Å². The van der Waals surface area contributed by atoms with E-state index in [1.54, 1.807) is 13.2 Å². The lowest BCUT2D eigenvalue weighted by Gasteiger charge is -2.22. The van der Waals surface area contributed by atoms with Crippen molar-refractivity contribution in [3.63, 3.8) is 0 Å². The first kappa shape index (κ1) is 19.7. The fourth-order valence-electron chi connectivity index (χ4n) is 2.76. The topological polar surface area (TPSA) is 67.4 Å². The molecule has 6 nitrogen and oxygen atoms in total. The minimum atomic E-state index is -0.176. The molecule has 0 atom stereocenters. The number of amides is 1. The van der Waals surface area contributed by atoms with Crippen molar-refractivity contribution in [2.75, 3.05) is 31.6 Å². The van der Waals surface area contributed by atoms with Crippen LogP contribution in [0.4, 0.5) is 5.82 Å². The Morgan fingerprint density at radius 1 is 1.15 bits per heavy atom. The third kappa shape index (κ3) is 5.72. The zero-order valence-corrected chi connectivity index (χ0v) is 15.9. The molecule has 0 radical (unpaired) electrons. The molecule has 26 heavy (non-hydrogen) atoms. The molecule has 0 aliphatic heterocycles. The van der Waals surface area contributed by atoms with Gasteiger partial charge in [0.2, 0.25) is 0 Å². The second-order valence-electron chi connectivity index (χ2n) is 6.11. The van der Waals surface area contributed by atoms with Gasteiger partial charge in [-0.1, -0.05) is 26.0 Å². The van der Waals surface area contributed by atoms with Gasteiger partial charge < -0.3 is 15.0 Å². The van der Waals surface area contributed by atoms with Gasteiger partial charge in [0, 0.05) is 25.7 Å². The van der Waals surface area contributed by atoms with E-state index >= 15 is 0 Å². The van der Waals surface area contributed by atoms with Crippen molar-refractivity contribution in [1.29, 1.82) is 0 Å². The molecule has 0 unspecified atom stereocenters. The van der Waals surface area contributed by atoms with Crippen molar-refractivity contribution < 1.29 is 9.53 Å². The Hall–Kier alpha value is -2.63. The van der Waals surface area contributed by atoms with Crippen LogP contribution in [0.2, 0.25) is 0 Å². The third-order valence-electron chi connectivity index (χ3n) is 4.03. The molecule has 1 amide bonds. The highest BCUT2D eigenvalue weighted by Crippen LogP contribution is 2.14. The van der Waals surface area contributed by atoms with E-state index in [1.165, 1.54) is 6.33 Å². The Labute approximate surface area is 155 Å². The summed E-state index contributed by atoms with van der Waals surface area (Å²) in [6.45, 7) is 6.65. The number of anilines is 1. The van der Waals surface area contributed by atoms with Crippen LogP contribution >= 0.6 is 0 Å². The molecule has 0 bridgehead atoms. The molecule has 2 aromatic rings. The summed E-state index contributed by atoms with van der Waals surface area (Å²) in [4.78, 5) is 23.0. The van der Waals surface area contributed by atoms with Crippen LogP contribution in [0.5, 0.6) is 5.75 Å². The van der Waals surface area contributed by atoms with Crippen LogP contribution in [0.1, 0.15) is 42.7 Å². The molecule has 2 rings (SSSR count). The standard InChI is InChI=1S/C20H28N4O2/c1-4-11-24(12-5-2)19-14-18(22-15-23-19)20(25)21-10-9-16-7-6-8-17(13-16)26-3/h6-8,13-15H,4-5,9-12H2,1-3H3,(H,21,25). The van der Waals surface area contributed by atoms with E-state index in [0.717, 1.165) is 49.5 Å². The fourth-order valence-corrected chi connectivity index (χ4v) is 2.76. The van der Waals surface area contributed by atoms with Gasteiger partial charge in [0.15, 0.2) is 0 Å². The Bertz CT molecular complexity index is 700. The SMILES string of the molecule is CCCN(CCC)c1cc(C(=O)NCCc2cccc(OC)c2)ncn1. The van der Waals surface area contributed by atoms with Crippen molar-refractivity contribution in [2.45, 2.75) is 33.1 Å². The van der Waals surface area contributed by atoms with E-state index in [4.69, 9.17) is 4.74 Å². The fraction of sp³-hybridized carbons (Fsp3) is 0.450. The largest absolute Gasteiger partial charge is 0.497 e. The highest BCUT2D eigenvalue weighted by atomic mass is 16.5. The average Bonchev–Trinajstić information content (AvgIpc) is 2.68. The van der Waals surface area contributed by atoms with Gasteiger partial charge in [-0.05, 0) is 37.0 Å². The first-order valence-electron chi connectivity index (χ1n) is 9.16. The normalized spacial score (nSPS) is 10.4. The summed E-state index contributed by atoms with van der Waals surface area (Å²) in [6.07, 6.45) is 4.27. The zero-order valence-electron chi connectivity index (χ0n) is 15.9. The Kier molecular flexibility index (Phi) is 7.86. The molecular formula is C20H28N4O2. The van der Waals surface area contributed by atoms with Crippen LogP contribution in [0.3, 0.4) is 0 Å². The van der Waals surface area contributed by atoms with Crippen LogP contribution in [0.25, 0.3) is 0 Å². The van der Waals surface area contributed by atoms with Crippen LogP contribution in [-0.2, 0) is 6.42 Å². The number of rotatable bonds is 10. The number of carbonyl (C=O) groups is 1. The van der Waals surface area contributed by atoms with Gasteiger partial charge in [0.05, 0.1) is 7.11 Å². The Morgan fingerprint density at radius 3 is 2.62 bits per heavy atom. The second-order valence-corrected chi connectivity index (χ2v) is 6.11. The van der Waals surface area contributed by atoms with Crippen LogP contribution in [0.15, 0.2) is 36.7 Å². The summed E-state index contributed by atoms with van der Waals surface area (Å²) in [5.74, 6) is 1.45. The molecule has 1 aromatic heterocycles. The van der Waals surface area contributed by atoms with E-state index in [1.807, 2.05) is 24.3 Å². The molecule has 0 saturated heterocycles. The van der Waals surface area contributed by atoms with Crippen molar-refractivity contribution >= 4 is 11.7 Å². The van der Waals surface area contributed by atoms with Crippen molar-refractivity contribution in [3.8, 4) is 5.75 Å². The maximum absolute atomic E-state index is 12.4. The monoisotopic (exact) mass is 356 g/mol. The number of hydrogen-bond donors (Lipinski definition) is 1. The van der Waals surface area contributed by atoms with Gasteiger partial charge in [0.25, 0.3) is 5.91 Å². The highest BCUT2D eigenvalue weighted by Gasteiger charge is 2.12. The van der Waals surface area contributed by atoms with Gasteiger partial charge in [0.1, 0.15) is 23.6 Å². The van der Waals surface area contributed by atoms with E-state index in [0.29, 0.717) is 12.2 Å². The predicted octanol–water partition coefficient (Wildman–Crippen LogP) is 3.08. The van der Waals surface area contributed by atoms with Crippen LogP contribution < -0.4 is 15.0 Å². The van der Waals surface area contributed by atoms with E-state index in [2.05, 4.69) is 34.0 Å². The molecule has 0 spiro atoms. The van der Waals surface area contributed by atoms with Gasteiger partial charge >= 0.3 is 0 Å². The molecule has 6 heteroatoms. The molecule has 0 aliphatic carbocycles. The number of methoxy groups -OCH3 is 1. The number of ether oxygens (including phenoxy) is 1. The lowest BCUT2D eigenvalue weighted by atomic mass is 10.1. The lowest BCUT2D eigenvalue weighted by molar-refractivity contribution is 0.0949. The van der Waals surface area contributed by atoms with Gasteiger partial charge in [-0.3, -0.25) is 4.79 Å². The minimum Gasteiger partial charge on any atom is -0.497 e. The van der Waals surface area contributed by atoms with E-state index in [-0.39, 0.29) is 5.91 Å². The molecule has 0 fully saturated rings. The summed E-state index contributed by atoms with van der Waals surface area (Å²) in [5, 5.41) is 2.93. The predicted molar refractivity (Wildman–Crippen MR) is 104 cm³/mol. The minimum absolute atomic E-state index is 0.176. The third-order valence-corrected chi connectivity index (χ3v) is 4.03. The number of hydrogen-bond acceptors (Lipinski definition) is 5. The van der Waals surface area contributed by atoms with E-state index in [9.17, 15) is 4.79 Å². The Morgan fingerprint density at radius 2 is 1.92 bits per heavy atom. The van der Waals surface area contributed by atoms with Gasteiger partial charge in [-0.2, -0.15) is 0 Å². The second kappa shape index (κ2) is 10.4. The maximum atomic E-state index is 12.4. The van der Waals surface area contributed by atoms with Crippen molar-refractivity contribution in [2.24, 2.45) is 0 Å².